The lowest BCUT2D eigenvalue weighted by Crippen LogP contribution is -2.47. The molecule has 2 fully saturated rings. The van der Waals surface area contributed by atoms with Crippen LogP contribution in [0, 0.1) is 0 Å². The molecule has 2 aliphatic rings. The van der Waals surface area contributed by atoms with E-state index in [1.807, 2.05) is 6.07 Å². The van der Waals surface area contributed by atoms with E-state index in [9.17, 15) is 5.11 Å². The summed E-state index contributed by atoms with van der Waals surface area (Å²) < 4.78 is 5.49. The van der Waals surface area contributed by atoms with Gasteiger partial charge >= 0.3 is 0 Å². The number of aliphatic hydroxyl groups is 1. The van der Waals surface area contributed by atoms with Crippen LogP contribution in [-0.4, -0.2) is 55.4 Å². The lowest BCUT2D eigenvalue weighted by Gasteiger charge is -2.36. The minimum absolute atomic E-state index is 0.517. The highest BCUT2D eigenvalue weighted by Crippen LogP contribution is 2.34. The molecule has 1 unspecified atom stereocenters. The van der Waals surface area contributed by atoms with Crippen LogP contribution >= 0.6 is 0 Å². The molecule has 0 spiro atoms. The Kier molecular flexibility index (Phi) is 4.48. The van der Waals surface area contributed by atoms with Crippen LogP contribution in [0.25, 0.3) is 0 Å². The predicted molar refractivity (Wildman–Crippen MR) is 83.8 cm³/mol. The number of methoxy groups -OCH3 is 1. The van der Waals surface area contributed by atoms with E-state index in [-0.39, 0.29) is 0 Å². The molecule has 116 valence electrons. The highest BCUT2D eigenvalue weighted by Gasteiger charge is 2.34. The summed E-state index contributed by atoms with van der Waals surface area (Å²) in [5.74, 6) is 1.59. The molecule has 0 bridgehead atoms. The van der Waals surface area contributed by atoms with Gasteiger partial charge in [-0.1, -0.05) is 18.2 Å². The minimum Gasteiger partial charge on any atom is -0.496 e. The molecule has 1 aromatic rings. The van der Waals surface area contributed by atoms with Crippen molar-refractivity contribution < 1.29 is 9.84 Å². The number of ether oxygens (including phenoxy) is 1. The van der Waals surface area contributed by atoms with Crippen LogP contribution in [0.3, 0.4) is 0 Å². The Morgan fingerprint density at radius 2 is 2.10 bits per heavy atom. The van der Waals surface area contributed by atoms with Crippen molar-refractivity contribution in [2.45, 2.75) is 30.8 Å². The van der Waals surface area contributed by atoms with Gasteiger partial charge in [0.1, 0.15) is 5.75 Å². The smallest absolute Gasteiger partial charge is 0.122 e. The summed E-state index contributed by atoms with van der Waals surface area (Å²) >= 11 is 0. The van der Waals surface area contributed by atoms with Crippen LogP contribution in [0.4, 0.5) is 0 Å². The molecule has 4 heteroatoms. The maximum Gasteiger partial charge on any atom is 0.122 e. The Morgan fingerprint density at radius 3 is 2.76 bits per heavy atom. The summed E-state index contributed by atoms with van der Waals surface area (Å²) in [6, 6.07) is 8.36. The van der Waals surface area contributed by atoms with Crippen molar-refractivity contribution in [3.63, 3.8) is 0 Å². The number of benzene rings is 1. The van der Waals surface area contributed by atoms with Crippen LogP contribution in [0.15, 0.2) is 24.3 Å². The number of β-amino-alcohol motifs (C(OH)–C–C–N with tert-alkyl or cyclic N) is 1. The van der Waals surface area contributed by atoms with E-state index in [0.29, 0.717) is 5.92 Å². The van der Waals surface area contributed by atoms with Gasteiger partial charge in [-0.3, -0.25) is 0 Å². The molecule has 0 aromatic heterocycles. The lowest BCUT2D eigenvalue weighted by molar-refractivity contribution is 0.0137. The third kappa shape index (κ3) is 3.39. The number of nitrogens with one attached hydrogen (secondary N) is 1. The second-order valence-corrected chi connectivity index (χ2v) is 6.44. The van der Waals surface area contributed by atoms with Crippen molar-refractivity contribution >= 4 is 0 Å². The van der Waals surface area contributed by atoms with Crippen molar-refractivity contribution in [3.8, 4) is 5.75 Å². The monoisotopic (exact) mass is 290 g/mol. The molecule has 3 rings (SSSR count). The van der Waals surface area contributed by atoms with Gasteiger partial charge in [-0.2, -0.15) is 0 Å². The average Bonchev–Trinajstić information content (AvgIpc) is 2.94. The molecular weight excluding hydrogens is 264 g/mol. The molecule has 0 amide bonds. The predicted octanol–water partition coefficient (Wildman–Crippen LogP) is 1.60. The number of hydrogen-bond donors (Lipinski definition) is 2. The molecule has 0 saturated carbocycles. The van der Waals surface area contributed by atoms with Crippen LogP contribution < -0.4 is 10.1 Å². The zero-order chi connectivity index (χ0) is 14.7. The van der Waals surface area contributed by atoms with Gasteiger partial charge in [0.25, 0.3) is 0 Å². The van der Waals surface area contributed by atoms with Crippen LogP contribution in [0.1, 0.15) is 30.7 Å². The van der Waals surface area contributed by atoms with Crippen LogP contribution in [-0.2, 0) is 0 Å². The maximum absolute atomic E-state index is 10.5. The highest BCUT2D eigenvalue weighted by molar-refractivity contribution is 5.36. The molecule has 1 atom stereocenters. The Hall–Kier alpha value is -1.10. The summed E-state index contributed by atoms with van der Waals surface area (Å²) in [5, 5.41) is 13.7. The molecule has 2 heterocycles. The molecule has 1 aromatic carbocycles. The Labute approximate surface area is 127 Å². The molecular formula is C17H26N2O2. The Morgan fingerprint density at radius 1 is 1.33 bits per heavy atom. The van der Waals surface area contributed by atoms with Crippen LogP contribution in [0.2, 0.25) is 0 Å². The zero-order valence-electron chi connectivity index (χ0n) is 12.8. The van der Waals surface area contributed by atoms with Gasteiger partial charge in [-0.15, -0.1) is 0 Å². The van der Waals surface area contributed by atoms with E-state index in [0.717, 1.165) is 57.7 Å². The van der Waals surface area contributed by atoms with E-state index in [4.69, 9.17) is 4.74 Å². The van der Waals surface area contributed by atoms with Gasteiger partial charge in [0.05, 0.1) is 12.7 Å². The van der Waals surface area contributed by atoms with E-state index in [1.165, 1.54) is 5.56 Å². The zero-order valence-corrected chi connectivity index (χ0v) is 12.8. The quantitative estimate of drug-likeness (QED) is 0.884. The number of likely N-dealkylation sites (tertiary alicyclic amines) is 1. The summed E-state index contributed by atoms with van der Waals surface area (Å²) in [4.78, 5) is 2.42. The fraction of sp³-hybridized carbons (Fsp3) is 0.647. The summed E-state index contributed by atoms with van der Waals surface area (Å²) in [6.45, 7) is 4.60. The second kappa shape index (κ2) is 6.34. The normalized spacial score (nSPS) is 27.9. The maximum atomic E-state index is 10.5. The summed E-state index contributed by atoms with van der Waals surface area (Å²) in [7, 11) is 1.75. The van der Waals surface area contributed by atoms with Crippen molar-refractivity contribution in [1.29, 1.82) is 0 Å². The SMILES string of the molecule is COc1ccccc1C1CCN(CC2(O)CCNC2)CC1. The number of piperidine rings is 1. The van der Waals surface area contributed by atoms with Gasteiger partial charge < -0.3 is 20.1 Å². The molecule has 21 heavy (non-hydrogen) atoms. The first-order chi connectivity index (χ1) is 10.2. The van der Waals surface area contributed by atoms with E-state index >= 15 is 0 Å². The third-order valence-electron chi connectivity index (χ3n) is 4.91. The first-order valence-corrected chi connectivity index (χ1v) is 7.98. The number of hydrogen-bond acceptors (Lipinski definition) is 4. The molecule has 2 N–H and O–H groups in total. The van der Waals surface area contributed by atoms with Crippen molar-refractivity contribution in [2.75, 3.05) is 39.8 Å². The average molecular weight is 290 g/mol. The van der Waals surface area contributed by atoms with Crippen molar-refractivity contribution in [1.82, 2.24) is 10.2 Å². The van der Waals surface area contributed by atoms with Gasteiger partial charge in [0, 0.05) is 13.1 Å². The summed E-state index contributed by atoms with van der Waals surface area (Å²) in [5.41, 5.74) is 0.818. The van der Waals surface area contributed by atoms with E-state index < -0.39 is 5.60 Å². The molecule has 0 radical (unpaired) electrons. The summed E-state index contributed by atoms with van der Waals surface area (Å²) in [6.07, 6.45) is 3.16. The largest absolute Gasteiger partial charge is 0.496 e. The minimum atomic E-state index is -0.517. The van der Waals surface area contributed by atoms with E-state index in [1.54, 1.807) is 7.11 Å². The first kappa shape index (κ1) is 14.8. The second-order valence-electron chi connectivity index (χ2n) is 6.44. The highest BCUT2D eigenvalue weighted by atomic mass is 16.5. The number of nitrogens with zero attached hydrogens (tertiary/aromatic N) is 1. The fourth-order valence-electron chi connectivity index (χ4n) is 3.69. The van der Waals surface area contributed by atoms with E-state index in [2.05, 4.69) is 28.4 Å². The number of rotatable bonds is 4. The number of para-hydroxylation sites is 1. The lowest BCUT2D eigenvalue weighted by atomic mass is 9.88. The fourth-order valence-corrected chi connectivity index (χ4v) is 3.69. The Balaban J connectivity index is 1.57. The van der Waals surface area contributed by atoms with Gasteiger partial charge in [0.15, 0.2) is 0 Å². The van der Waals surface area contributed by atoms with Crippen LogP contribution in [0.5, 0.6) is 5.75 Å². The third-order valence-corrected chi connectivity index (χ3v) is 4.91. The van der Waals surface area contributed by atoms with Gasteiger partial charge in [-0.05, 0) is 56.4 Å². The standard InChI is InChI=1S/C17H26N2O2/c1-21-16-5-3-2-4-15(16)14-6-10-19(11-7-14)13-17(20)8-9-18-12-17/h2-5,14,18,20H,6-13H2,1H3. The van der Waals surface area contributed by atoms with Crippen molar-refractivity contribution in [3.05, 3.63) is 29.8 Å². The first-order valence-electron chi connectivity index (χ1n) is 7.98. The Bertz CT molecular complexity index is 464. The van der Waals surface area contributed by atoms with Gasteiger partial charge in [-0.25, -0.2) is 0 Å². The van der Waals surface area contributed by atoms with Gasteiger partial charge in [0.2, 0.25) is 0 Å². The molecule has 0 aliphatic carbocycles. The topological polar surface area (TPSA) is 44.7 Å². The molecule has 2 aliphatic heterocycles. The molecule has 4 nitrogen and oxygen atoms in total. The van der Waals surface area contributed by atoms with Crippen molar-refractivity contribution in [2.24, 2.45) is 0 Å². The molecule has 2 saturated heterocycles.